The van der Waals surface area contributed by atoms with Crippen molar-refractivity contribution in [3.8, 4) is 5.75 Å². The van der Waals surface area contributed by atoms with E-state index in [9.17, 15) is 0 Å². The Kier molecular flexibility index (Phi) is 5.17. The van der Waals surface area contributed by atoms with Crippen LogP contribution in [0.1, 0.15) is 37.3 Å². The second-order valence-electron chi connectivity index (χ2n) is 4.22. The van der Waals surface area contributed by atoms with Crippen LogP contribution in [0.3, 0.4) is 0 Å². The zero-order valence-electron chi connectivity index (χ0n) is 10.9. The summed E-state index contributed by atoms with van der Waals surface area (Å²) in [6.07, 6.45) is 3.78. The third-order valence-electron chi connectivity index (χ3n) is 2.90. The molecule has 0 saturated carbocycles. The minimum Gasteiger partial charge on any atom is -0.496 e. The summed E-state index contributed by atoms with van der Waals surface area (Å²) in [5, 5.41) is 3.47. The van der Waals surface area contributed by atoms with Crippen LogP contribution >= 0.6 is 0 Å². The van der Waals surface area contributed by atoms with E-state index in [4.69, 9.17) is 4.74 Å². The number of ether oxygens (including phenoxy) is 1. The minimum absolute atomic E-state index is 1.00. The number of aryl methyl sites for hydroxylation is 1. The first-order valence-electron chi connectivity index (χ1n) is 6.08. The van der Waals surface area contributed by atoms with Crippen molar-refractivity contribution in [3.63, 3.8) is 0 Å². The van der Waals surface area contributed by atoms with Crippen molar-refractivity contribution in [2.24, 2.45) is 0 Å². The highest BCUT2D eigenvalue weighted by Crippen LogP contribution is 2.29. The van der Waals surface area contributed by atoms with Crippen molar-refractivity contribution < 1.29 is 4.74 Å². The Morgan fingerprint density at radius 2 is 1.94 bits per heavy atom. The summed E-state index contributed by atoms with van der Waals surface area (Å²) in [6, 6.07) is 4.24. The monoisotopic (exact) mass is 221 g/mol. The molecular weight excluding hydrogens is 198 g/mol. The molecular formula is C14H23NO. The SMILES string of the molecule is CCCCCNc1ccc(C)c(OC)c1C. The molecule has 0 saturated heterocycles. The van der Waals surface area contributed by atoms with E-state index in [1.807, 2.05) is 0 Å². The first kappa shape index (κ1) is 12.9. The van der Waals surface area contributed by atoms with Gasteiger partial charge in [0.25, 0.3) is 0 Å². The van der Waals surface area contributed by atoms with Gasteiger partial charge in [0.15, 0.2) is 0 Å². The molecule has 1 aromatic rings. The van der Waals surface area contributed by atoms with Gasteiger partial charge in [0.1, 0.15) is 5.75 Å². The second kappa shape index (κ2) is 6.41. The normalized spacial score (nSPS) is 10.2. The average Bonchev–Trinajstić information content (AvgIpc) is 2.28. The van der Waals surface area contributed by atoms with Gasteiger partial charge in [-0.3, -0.25) is 0 Å². The van der Waals surface area contributed by atoms with Crippen LogP contribution in [-0.2, 0) is 0 Å². The minimum atomic E-state index is 1.00. The summed E-state index contributed by atoms with van der Waals surface area (Å²) in [5.41, 5.74) is 3.59. The first-order chi connectivity index (χ1) is 7.70. The number of benzene rings is 1. The Morgan fingerprint density at radius 3 is 2.56 bits per heavy atom. The molecule has 0 aliphatic heterocycles. The number of methoxy groups -OCH3 is 1. The Hall–Kier alpha value is -1.18. The van der Waals surface area contributed by atoms with Gasteiger partial charge in [0, 0.05) is 17.8 Å². The molecule has 1 aromatic carbocycles. The standard InChI is InChI=1S/C14H23NO/c1-5-6-7-10-15-13-9-8-11(2)14(16-4)12(13)3/h8-9,15H,5-7,10H2,1-4H3. The van der Waals surface area contributed by atoms with E-state index in [1.165, 1.54) is 36.1 Å². The highest BCUT2D eigenvalue weighted by Gasteiger charge is 2.06. The third kappa shape index (κ3) is 3.16. The molecule has 1 N–H and O–H groups in total. The van der Waals surface area contributed by atoms with E-state index in [0.29, 0.717) is 0 Å². The van der Waals surface area contributed by atoms with Gasteiger partial charge in [-0.1, -0.05) is 25.8 Å². The van der Waals surface area contributed by atoms with Crippen molar-refractivity contribution in [1.82, 2.24) is 0 Å². The molecule has 90 valence electrons. The first-order valence-corrected chi connectivity index (χ1v) is 6.08. The van der Waals surface area contributed by atoms with E-state index < -0.39 is 0 Å². The van der Waals surface area contributed by atoms with Crippen molar-refractivity contribution in [2.75, 3.05) is 19.0 Å². The van der Waals surface area contributed by atoms with Crippen LogP contribution < -0.4 is 10.1 Å². The maximum Gasteiger partial charge on any atom is 0.126 e. The molecule has 2 heteroatoms. The lowest BCUT2D eigenvalue weighted by Gasteiger charge is -2.14. The topological polar surface area (TPSA) is 21.3 Å². The summed E-state index contributed by atoms with van der Waals surface area (Å²) in [4.78, 5) is 0. The number of rotatable bonds is 6. The Morgan fingerprint density at radius 1 is 1.19 bits per heavy atom. The Labute approximate surface area is 99.0 Å². The molecule has 0 heterocycles. The molecule has 2 nitrogen and oxygen atoms in total. The average molecular weight is 221 g/mol. The highest BCUT2D eigenvalue weighted by molar-refractivity contribution is 5.59. The number of hydrogen-bond acceptors (Lipinski definition) is 2. The van der Waals surface area contributed by atoms with Crippen molar-refractivity contribution in [3.05, 3.63) is 23.3 Å². The van der Waals surface area contributed by atoms with E-state index >= 15 is 0 Å². The van der Waals surface area contributed by atoms with E-state index in [-0.39, 0.29) is 0 Å². The zero-order chi connectivity index (χ0) is 12.0. The largest absolute Gasteiger partial charge is 0.496 e. The smallest absolute Gasteiger partial charge is 0.126 e. The summed E-state index contributed by atoms with van der Waals surface area (Å²) >= 11 is 0. The number of nitrogens with one attached hydrogen (secondary N) is 1. The number of anilines is 1. The fraction of sp³-hybridized carbons (Fsp3) is 0.571. The molecule has 0 amide bonds. The lowest BCUT2D eigenvalue weighted by atomic mass is 10.1. The lowest BCUT2D eigenvalue weighted by molar-refractivity contribution is 0.409. The molecule has 0 aliphatic rings. The molecule has 0 aromatic heterocycles. The van der Waals surface area contributed by atoms with Gasteiger partial charge in [-0.2, -0.15) is 0 Å². The molecule has 1 rings (SSSR count). The van der Waals surface area contributed by atoms with E-state index in [1.54, 1.807) is 7.11 Å². The molecule has 0 radical (unpaired) electrons. The fourth-order valence-electron chi connectivity index (χ4n) is 1.93. The highest BCUT2D eigenvalue weighted by atomic mass is 16.5. The summed E-state index contributed by atoms with van der Waals surface area (Å²) in [7, 11) is 1.73. The molecule has 0 atom stereocenters. The van der Waals surface area contributed by atoms with Gasteiger partial charge in [-0.05, 0) is 31.9 Å². The summed E-state index contributed by atoms with van der Waals surface area (Å²) in [5.74, 6) is 1.00. The van der Waals surface area contributed by atoms with Gasteiger partial charge in [0.05, 0.1) is 7.11 Å². The van der Waals surface area contributed by atoms with Crippen LogP contribution in [0.4, 0.5) is 5.69 Å². The molecule has 16 heavy (non-hydrogen) atoms. The zero-order valence-corrected chi connectivity index (χ0v) is 10.9. The van der Waals surface area contributed by atoms with Gasteiger partial charge in [-0.25, -0.2) is 0 Å². The molecule has 0 bridgehead atoms. The van der Waals surface area contributed by atoms with E-state index in [0.717, 1.165) is 12.3 Å². The molecule has 0 aliphatic carbocycles. The fourth-order valence-corrected chi connectivity index (χ4v) is 1.93. The maximum atomic E-state index is 5.40. The molecule has 0 unspecified atom stereocenters. The van der Waals surface area contributed by atoms with E-state index in [2.05, 4.69) is 38.2 Å². The number of hydrogen-bond donors (Lipinski definition) is 1. The van der Waals surface area contributed by atoms with Gasteiger partial charge in [0.2, 0.25) is 0 Å². The van der Waals surface area contributed by atoms with Crippen molar-refractivity contribution in [1.29, 1.82) is 0 Å². The van der Waals surface area contributed by atoms with Crippen LogP contribution in [0.25, 0.3) is 0 Å². The predicted molar refractivity (Wildman–Crippen MR) is 70.5 cm³/mol. The summed E-state index contributed by atoms with van der Waals surface area (Å²) in [6.45, 7) is 7.45. The lowest BCUT2D eigenvalue weighted by Crippen LogP contribution is -2.04. The molecule has 0 fully saturated rings. The quantitative estimate of drug-likeness (QED) is 0.735. The van der Waals surface area contributed by atoms with Crippen LogP contribution in [0.15, 0.2) is 12.1 Å². The van der Waals surface area contributed by atoms with Gasteiger partial charge < -0.3 is 10.1 Å². The second-order valence-corrected chi connectivity index (χ2v) is 4.22. The van der Waals surface area contributed by atoms with Crippen molar-refractivity contribution in [2.45, 2.75) is 40.0 Å². The summed E-state index contributed by atoms with van der Waals surface area (Å²) < 4.78 is 5.40. The third-order valence-corrected chi connectivity index (χ3v) is 2.90. The Bertz CT molecular complexity index is 334. The van der Waals surface area contributed by atoms with Gasteiger partial charge in [-0.15, -0.1) is 0 Å². The van der Waals surface area contributed by atoms with Crippen LogP contribution in [0.5, 0.6) is 5.75 Å². The van der Waals surface area contributed by atoms with Crippen LogP contribution in [-0.4, -0.2) is 13.7 Å². The predicted octanol–water partition coefficient (Wildman–Crippen LogP) is 3.91. The van der Waals surface area contributed by atoms with Gasteiger partial charge >= 0.3 is 0 Å². The molecule has 0 spiro atoms. The number of unbranched alkanes of at least 4 members (excludes halogenated alkanes) is 2. The Balaban J connectivity index is 2.66. The van der Waals surface area contributed by atoms with Crippen LogP contribution in [0, 0.1) is 13.8 Å². The maximum absolute atomic E-state index is 5.40. The van der Waals surface area contributed by atoms with Crippen LogP contribution in [0.2, 0.25) is 0 Å². The van der Waals surface area contributed by atoms with Crippen molar-refractivity contribution >= 4 is 5.69 Å².